The summed E-state index contributed by atoms with van der Waals surface area (Å²) in [6.07, 6.45) is 1.60. The number of likely N-dealkylation sites (N-methyl/N-ethyl adjacent to an activating group) is 1. The minimum Gasteiger partial charge on any atom is -0.437 e. The van der Waals surface area contributed by atoms with Crippen molar-refractivity contribution in [3.63, 3.8) is 0 Å². The zero-order chi connectivity index (χ0) is 17.7. The van der Waals surface area contributed by atoms with E-state index in [0.717, 1.165) is 11.1 Å². The minimum absolute atomic E-state index is 0.0346. The van der Waals surface area contributed by atoms with Gasteiger partial charge in [-0.15, -0.1) is 0 Å². The van der Waals surface area contributed by atoms with E-state index in [1.807, 2.05) is 32.0 Å². The number of pyridine rings is 1. The first-order chi connectivity index (χ1) is 11.4. The third kappa shape index (κ3) is 4.32. The van der Waals surface area contributed by atoms with E-state index < -0.39 is 0 Å². The van der Waals surface area contributed by atoms with Gasteiger partial charge in [0.25, 0.3) is 0 Å². The summed E-state index contributed by atoms with van der Waals surface area (Å²) in [6.45, 7) is 5.34. The number of benzene rings is 1. The van der Waals surface area contributed by atoms with Gasteiger partial charge in [-0.05, 0) is 43.2 Å². The molecule has 24 heavy (non-hydrogen) atoms. The molecule has 0 bridgehead atoms. The topological polar surface area (TPSA) is 71.5 Å². The Bertz CT molecular complexity index is 759. The highest BCUT2D eigenvalue weighted by molar-refractivity contribution is 5.95. The standard InChI is InChI=1S/C18H21N3O3/c1-12-7-5-9-16(13(12)2)24-18-15(8-6-10-19-18)20-17(23)11-21(4)14(3)22/h5-10H,11H2,1-4H3,(H,20,23). The van der Waals surface area contributed by atoms with Crippen LogP contribution in [0.2, 0.25) is 0 Å². The van der Waals surface area contributed by atoms with Gasteiger partial charge < -0.3 is 15.0 Å². The van der Waals surface area contributed by atoms with Gasteiger partial charge in [0, 0.05) is 20.2 Å². The number of carbonyl (C=O) groups excluding carboxylic acids is 2. The smallest absolute Gasteiger partial charge is 0.244 e. The normalized spacial score (nSPS) is 10.2. The first kappa shape index (κ1) is 17.5. The number of aromatic nitrogens is 1. The van der Waals surface area contributed by atoms with Crippen LogP contribution in [-0.4, -0.2) is 35.3 Å². The van der Waals surface area contributed by atoms with E-state index in [4.69, 9.17) is 4.74 Å². The molecule has 0 aliphatic heterocycles. The second-order valence-electron chi connectivity index (χ2n) is 5.58. The van der Waals surface area contributed by atoms with E-state index in [1.165, 1.54) is 11.8 Å². The number of carbonyl (C=O) groups is 2. The first-order valence-electron chi connectivity index (χ1n) is 7.59. The van der Waals surface area contributed by atoms with E-state index in [-0.39, 0.29) is 18.4 Å². The van der Waals surface area contributed by atoms with Crippen LogP contribution in [0, 0.1) is 13.8 Å². The number of anilines is 1. The summed E-state index contributed by atoms with van der Waals surface area (Å²) in [5, 5.41) is 2.73. The fourth-order valence-corrected chi connectivity index (χ4v) is 2.02. The zero-order valence-electron chi connectivity index (χ0n) is 14.3. The minimum atomic E-state index is -0.313. The first-order valence-corrected chi connectivity index (χ1v) is 7.59. The van der Waals surface area contributed by atoms with Crippen molar-refractivity contribution in [3.8, 4) is 11.6 Å². The molecular formula is C18H21N3O3. The Balaban J connectivity index is 2.17. The van der Waals surface area contributed by atoms with Gasteiger partial charge in [0.2, 0.25) is 17.7 Å². The Morgan fingerprint density at radius 1 is 1.21 bits per heavy atom. The van der Waals surface area contributed by atoms with Gasteiger partial charge in [0.15, 0.2) is 0 Å². The molecule has 0 saturated heterocycles. The zero-order valence-corrected chi connectivity index (χ0v) is 14.3. The molecule has 1 N–H and O–H groups in total. The average Bonchev–Trinajstić information content (AvgIpc) is 2.53. The summed E-state index contributed by atoms with van der Waals surface area (Å²) in [6, 6.07) is 9.17. The van der Waals surface area contributed by atoms with E-state index in [0.29, 0.717) is 17.3 Å². The molecule has 0 aliphatic rings. The number of nitrogens with one attached hydrogen (secondary N) is 1. The number of hydrogen-bond acceptors (Lipinski definition) is 4. The Morgan fingerprint density at radius 2 is 1.96 bits per heavy atom. The Labute approximate surface area is 141 Å². The number of nitrogens with zero attached hydrogens (tertiary/aromatic N) is 2. The van der Waals surface area contributed by atoms with Crippen LogP contribution in [0.25, 0.3) is 0 Å². The number of aryl methyl sites for hydroxylation is 1. The van der Waals surface area contributed by atoms with Gasteiger partial charge in [-0.25, -0.2) is 4.98 Å². The molecule has 6 nitrogen and oxygen atoms in total. The van der Waals surface area contributed by atoms with Crippen molar-refractivity contribution in [1.82, 2.24) is 9.88 Å². The SMILES string of the molecule is CC(=O)N(C)CC(=O)Nc1cccnc1Oc1cccc(C)c1C. The van der Waals surface area contributed by atoms with Crippen LogP contribution in [0.5, 0.6) is 11.6 Å². The third-order valence-electron chi connectivity index (χ3n) is 3.73. The maximum absolute atomic E-state index is 12.1. The van der Waals surface area contributed by atoms with Crippen molar-refractivity contribution in [2.75, 3.05) is 18.9 Å². The molecule has 0 fully saturated rings. The summed E-state index contributed by atoms with van der Waals surface area (Å²) >= 11 is 0. The van der Waals surface area contributed by atoms with Crippen LogP contribution in [0.4, 0.5) is 5.69 Å². The van der Waals surface area contributed by atoms with Gasteiger partial charge in [0.1, 0.15) is 11.4 Å². The molecule has 2 amide bonds. The Kier molecular flexibility index (Phi) is 5.52. The number of amides is 2. The molecular weight excluding hydrogens is 306 g/mol. The fraction of sp³-hybridized carbons (Fsp3) is 0.278. The van der Waals surface area contributed by atoms with Crippen LogP contribution in [0.3, 0.4) is 0 Å². The number of rotatable bonds is 5. The molecule has 1 aromatic heterocycles. The second kappa shape index (κ2) is 7.59. The molecule has 1 heterocycles. The van der Waals surface area contributed by atoms with Crippen LogP contribution in [0.15, 0.2) is 36.5 Å². The van der Waals surface area contributed by atoms with E-state index >= 15 is 0 Å². The van der Waals surface area contributed by atoms with E-state index in [1.54, 1.807) is 25.4 Å². The fourth-order valence-electron chi connectivity index (χ4n) is 2.02. The summed E-state index contributed by atoms with van der Waals surface area (Å²) in [4.78, 5) is 28.8. The van der Waals surface area contributed by atoms with Crippen molar-refractivity contribution in [2.45, 2.75) is 20.8 Å². The highest BCUT2D eigenvalue weighted by atomic mass is 16.5. The van der Waals surface area contributed by atoms with Crippen molar-refractivity contribution >= 4 is 17.5 Å². The predicted octanol–water partition coefficient (Wildman–Crippen LogP) is 2.91. The van der Waals surface area contributed by atoms with E-state index in [9.17, 15) is 9.59 Å². The summed E-state index contributed by atoms with van der Waals surface area (Å²) in [5.74, 6) is 0.504. The number of hydrogen-bond donors (Lipinski definition) is 1. The molecule has 2 rings (SSSR count). The van der Waals surface area contributed by atoms with Crippen LogP contribution < -0.4 is 10.1 Å². The van der Waals surface area contributed by atoms with Gasteiger partial charge in [-0.3, -0.25) is 9.59 Å². The van der Waals surface area contributed by atoms with Gasteiger partial charge in [-0.2, -0.15) is 0 Å². The molecule has 0 saturated carbocycles. The highest BCUT2D eigenvalue weighted by Crippen LogP contribution is 2.30. The van der Waals surface area contributed by atoms with Crippen molar-refractivity contribution in [1.29, 1.82) is 0 Å². The van der Waals surface area contributed by atoms with Crippen molar-refractivity contribution in [2.24, 2.45) is 0 Å². The maximum atomic E-state index is 12.1. The van der Waals surface area contributed by atoms with Crippen LogP contribution in [0.1, 0.15) is 18.1 Å². The summed E-state index contributed by atoms with van der Waals surface area (Å²) < 4.78 is 5.87. The molecule has 126 valence electrons. The maximum Gasteiger partial charge on any atom is 0.244 e. The van der Waals surface area contributed by atoms with Crippen LogP contribution >= 0.6 is 0 Å². The average molecular weight is 327 g/mol. The largest absolute Gasteiger partial charge is 0.437 e. The molecule has 0 atom stereocenters. The lowest BCUT2D eigenvalue weighted by molar-refractivity contribution is -0.131. The second-order valence-corrected chi connectivity index (χ2v) is 5.58. The molecule has 2 aromatic rings. The quantitative estimate of drug-likeness (QED) is 0.916. The monoisotopic (exact) mass is 327 g/mol. The Morgan fingerprint density at radius 3 is 2.67 bits per heavy atom. The molecule has 6 heteroatoms. The molecule has 0 spiro atoms. The lowest BCUT2D eigenvalue weighted by Gasteiger charge is -2.16. The summed E-state index contributed by atoms with van der Waals surface area (Å²) in [5.41, 5.74) is 2.58. The molecule has 0 radical (unpaired) electrons. The lowest BCUT2D eigenvalue weighted by Crippen LogP contribution is -2.33. The van der Waals surface area contributed by atoms with Crippen molar-refractivity contribution in [3.05, 3.63) is 47.7 Å². The highest BCUT2D eigenvalue weighted by Gasteiger charge is 2.13. The van der Waals surface area contributed by atoms with Gasteiger partial charge in [-0.1, -0.05) is 12.1 Å². The Hall–Kier alpha value is -2.89. The van der Waals surface area contributed by atoms with E-state index in [2.05, 4.69) is 10.3 Å². The predicted molar refractivity (Wildman–Crippen MR) is 92.2 cm³/mol. The molecule has 0 unspecified atom stereocenters. The molecule has 1 aromatic carbocycles. The molecule has 0 aliphatic carbocycles. The third-order valence-corrected chi connectivity index (χ3v) is 3.73. The van der Waals surface area contributed by atoms with Crippen molar-refractivity contribution < 1.29 is 14.3 Å². The number of ether oxygens (including phenoxy) is 1. The lowest BCUT2D eigenvalue weighted by atomic mass is 10.1. The van der Waals surface area contributed by atoms with Crippen LogP contribution in [-0.2, 0) is 9.59 Å². The summed E-state index contributed by atoms with van der Waals surface area (Å²) in [7, 11) is 1.57. The van der Waals surface area contributed by atoms with Gasteiger partial charge in [0.05, 0.1) is 6.54 Å². The van der Waals surface area contributed by atoms with Gasteiger partial charge >= 0.3 is 0 Å².